The van der Waals surface area contributed by atoms with Gasteiger partial charge in [-0.3, -0.25) is 4.79 Å². The lowest BCUT2D eigenvalue weighted by Crippen LogP contribution is -2.41. The van der Waals surface area contributed by atoms with Gasteiger partial charge in [-0.2, -0.15) is 5.10 Å². The molecule has 154 valence electrons. The van der Waals surface area contributed by atoms with E-state index in [1.165, 1.54) is 6.21 Å². The lowest BCUT2D eigenvalue weighted by Gasteiger charge is -2.08. The molecule has 3 N–H and O–H groups in total. The maximum absolute atomic E-state index is 12.4. The number of halogens is 1. The molecule has 7 nitrogen and oxygen atoms in total. The lowest BCUT2D eigenvalue weighted by atomic mass is 10.0. The van der Waals surface area contributed by atoms with Gasteiger partial charge >= 0.3 is 0 Å². The molecule has 1 fully saturated rings. The maximum atomic E-state index is 12.4. The summed E-state index contributed by atoms with van der Waals surface area (Å²) in [6.07, 6.45) is 2.10. The van der Waals surface area contributed by atoms with E-state index in [4.69, 9.17) is 20.8 Å². The number of ether oxygens (including phenoxy) is 1. The molecule has 0 aliphatic carbocycles. The van der Waals surface area contributed by atoms with Crippen LogP contribution in [0.1, 0.15) is 23.8 Å². The first-order valence-electron chi connectivity index (χ1n) is 9.46. The van der Waals surface area contributed by atoms with E-state index in [9.17, 15) is 4.79 Å². The lowest BCUT2D eigenvalue weighted by molar-refractivity contribution is -0.122. The van der Waals surface area contributed by atoms with Gasteiger partial charge < -0.3 is 9.15 Å². The van der Waals surface area contributed by atoms with Crippen LogP contribution in [0.15, 0.2) is 70.2 Å². The van der Waals surface area contributed by atoms with Crippen molar-refractivity contribution in [2.75, 3.05) is 7.11 Å². The fourth-order valence-corrected chi connectivity index (χ4v) is 3.52. The first-order valence-corrected chi connectivity index (χ1v) is 9.84. The van der Waals surface area contributed by atoms with Gasteiger partial charge in [-0.1, -0.05) is 41.9 Å². The molecule has 2 heterocycles. The Bertz CT molecular complexity index is 1050. The molecule has 8 heteroatoms. The molecule has 2 aromatic carbocycles. The van der Waals surface area contributed by atoms with Gasteiger partial charge in [0.25, 0.3) is 5.91 Å². The molecule has 1 amide bonds. The van der Waals surface area contributed by atoms with Crippen LogP contribution in [0.25, 0.3) is 11.3 Å². The van der Waals surface area contributed by atoms with Crippen LogP contribution in [-0.2, 0) is 4.79 Å². The highest BCUT2D eigenvalue weighted by Crippen LogP contribution is 2.30. The minimum atomic E-state index is -0.374. The number of amides is 1. The quantitative estimate of drug-likeness (QED) is 0.415. The zero-order chi connectivity index (χ0) is 20.9. The summed E-state index contributed by atoms with van der Waals surface area (Å²) in [5.74, 6) is 1.53. The van der Waals surface area contributed by atoms with Crippen molar-refractivity contribution in [1.29, 1.82) is 0 Å². The van der Waals surface area contributed by atoms with Gasteiger partial charge in [0.1, 0.15) is 23.3 Å². The number of hydrogen-bond acceptors (Lipinski definition) is 6. The van der Waals surface area contributed by atoms with Gasteiger partial charge in [0.05, 0.1) is 18.3 Å². The molecular weight excluding hydrogens is 404 g/mol. The Morgan fingerprint density at radius 2 is 2.03 bits per heavy atom. The van der Waals surface area contributed by atoms with Crippen molar-refractivity contribution in [3.63, 3.8) is 0 Å². The number of hydrazine groups is 1. The predicted octanol–water partition coefficient (Wildman–Crippen LogP) is 3.67. The predicted molar refractivity (Wildman–Crippen MR) is 115 cm³/mol. The van der Waals surface area contributed by atoms with Crippen LogP contribution < -0.4 is 21.0 Å². The molecule has 1 aromatic heterocycles. The third-order valence-corrected chi connectivity index (χ3v) is 5.15. The third kappa shape index (κ3) is 4.54. The number of benzene rings is 2. The van der Waals surface area contributed by atoms with E-state index in [0.29, 0.717) is 28.7 Å². The molecule has 1 aliphatic rings. The van der Waals surface area contributed by atoms with Crippen molar-refractivity contribution in [2.45, 2.75) is 18.5 Å². The van der Waals surface area contributed by atoms with E-state index in [1.807, 2.05) is 42.5 Å². The van der Waals surface area contributed by atoms with E-state index in [0.717, 1.165) is 11.1 Å². The normalized spacial score (nSPS) is 18.6. The Hall–Kier alpha value is -3.13. The number of hydrogen-bond donors (Lipinski definition) is 3. The van der Waals surface area contributed by atoms with Gasteiger partial charge in [-0.05, 0) is 42.3 Å². The molecule has 2 unspecified atom stereocenters. The van der Waals surface area contributed by atoms with Gasteiger partial charge in [0, 0.05) is 11.6 Å². The van der Waals surface area contributed by atoms with Crippen LogP contribution in [-0.4, -0.2) is 25.3 Å². The molecule has 0 saturated carbocycles. The zero-order valence-electron chi connectivity index (χ0n) is 16.3. The molecule has 0 bridgehead atoms. The standard InChI is InChI=1S/C22H21ClN4O3/c1-29-21-9-7-15(11-17(21)23)20-10-8-16(30-20)13-24-27-22(28)19-12-18(25-26-19)14-5-3-2-4-6-14/h2-11,13,18-19,25-26H,12H2,1H3,(H,27,28)/b24-13+. The summed E-state index contributed by atoms with van der Waals surface area (Å²) in [6, 6.07) is 18.7. The largest absolute Gasteiger partial charge is 0.495 e. The molecule has 0 spiro atoms. The first-order chi connectivity index (χ1) is 14.6. The van der Waals surface area contributed by atoms with E-state index in [2.05, 4.69) is 21.4 Å². The number of rotatable bonds is 6. The van der Waals surface area contributed by atoms with Crippen LogP contribution in [0.2, 0.25) is 5.02 Å². The van der Waals surface area contributed by atoms with E-state index < -0.39 is 0 Å². The topological polar surface area (TPSA) is 87.9 Å². The first kappa shape index (κ1) is 20.2. The van der Waals surface area contributed by atoms with Gasteiger partial charge in [-0.25, -0.2) is 16.3 Å². The highest BCUT2D eigenvalue weighted by Gasteiger charge is 2.29. The van der Waals surface area contributed by atoms with Gasteiger partial charge in [-0.15, -0.1) is 0 Å². The Labute approximate surface area is 179 Å². The Balaban J connectivity index is 1.33. The molecule has 3 aromatic rings. The van der Waals surface area contributed by atoms with Crippen LogP contribution >= 0.6 is 11.6 Å². The number of carbonyl (C=O) groups is 1. The summed E-state index contributed by atoms with van der Waals surface area (Å²) in [5, 5.41) is 4.50. The summed E-state index contributed by atoms with van der Waals surface area (Å²) in [4.78, 5) is 12.4. The number of nitrogens with zero attached hydrogens (tertiary/aromatic N) is 1. The maximum Gasteiger partial charge on any atom is 0.258 e. The average molecular weight is 425 g/mol. The Kier molecular flexibility index (Phi) is 6.13. The van der Waals surface area contributed by atoms with Crippen molar-refractivity contribution >= 4 is 23.7 Å². The molecular formula is C22H21ClN4O3. The summed E-state index contributed by atoms with van der Waals surface area (Å²) in [6.45, 7) is 0. The van der Waals surface area contributed by atoms with Crippen molar-refractivity contribution < 1.29 is 13.9 Å². The second-order valence-corrected chi connectivity index (χ2v) is 7.23. The highest BCUT2D eigenvalue weighted by atomic mass is 35.5. The second-order valence-electron chi connectivity index (χ2n) is 6.83. The smallest absolute Gasteiger partial charge is 0.258 e. The third-order valence-electron chi connectivity index (χ3n) is 4.85. The van der Waals surface area contributed by atoms with Gasteiger partial charge in [0.15, 0.2) is 0 Å². The number of methoxy groups -OCH3 is 1. The van der Waals surface area contributed by atoms with Crippen molar-refractivity contribution in [1.82, 2.24) is 16.3 Å². The van der Waals surface area contributed by atoms with E-state index in [1.54, 1.807) is 25.3 Å². The SMILES string of the molecule is COc1ccc(-c2ccc(/C=N/NC(=O)C3CC(c4ccccc4)NN3)o2)cc1Cl. The van der Waals surface area contributed by atoms with Crippen molar-refractivity contribution in [3.05, 3.63) is 77.0 Å². The van der Waals surface area contributed by atoms with E-state index in [-0.39, 0.29) is 18.0 Å². The minimum absolute atomic E-state index is 0.0786. The van der Waals surface area contributed by atoms with Crippen LogP contribution in [0.5, 0.6) is 5.75 Å². The Morgan fingerprint density at radius 1 is 1.20 bits per heavy atom. The van der Waals surface area contributed by atoms with Crippen LogP contribution in [0.4, 0.5) is 0 Å². The van der Waals surface area contributed by atoms with E-state index >= 15 is 0 Å². The fourth-order valence-electron chi connectivity index (χ4n) is 3.27. The Morgan fingerprint density at radius 3 is 2.80 bits per heavy atom. The number of nitrogens with one attached hydrogen (secondary N) is 3. The van der Waals surface area contributed by atoms with Crippen molar-refractivity contribution in [3.8, 4) is 17.1 Å². The average Bonchev–Trinajstić information content (AvgIpc) is 3.44. The zero-order valence-corrected chi connectivity index (χ0v) is 17.0. The summed E-state index contributed by atoms with van der Waals surface area (Å²) in [7, 11) is 1.57. The molecule has 1 aliphatic heterocycles. The number of carbonyl (C=O) groups excluding carboxylic acids is 1. The number of hydrazone groups is 1. The summed E-state index contributed by atoms with van der Waals surface area (Å²) >= 11 is 6.16. The fraction of sp³-hybridized carbons (Fsp3) is 0.182. The molecule has 30 heavy (non-hydrogen) atoms. The summed E-state index contributed by atoms with van der Waals surface area (Å²) < 4.78 is 10.9. The monoisotopic (exact) mass is 424 g/mol. The van der Waals surface area contributed by atoms with Crippen molar-refractivity contribution in [2.24, 2.45) is 5.10 Å². The highest BCUT2D eigenvalue weighted by molar-refractivity contribution is 6.32. The summed E-state index contributed by atoms with van der Waals surface area (Å²) in [5.41, 5.74) is 10.7. The molecule has 0 radical (unpaired) electrons. The van der Waals surface area contributed by atoms with Crippen LogP contribution in [0, 0.1) is 0 Å². The van der Waals surface area contributed by atoms with Gasteiger partial charge in [0.2, 0.25) is 0 Å². The minimum Gasteiger partial charge on any atom is -0.495 e. The number of furan rings is 1. The molecule has 4 rings (SSSR count). The molecule has 1 saturated heterocycles. The molecule has 2 atom stereocenters. The van der Waals surface area contributed by atoms with Crippen LogP contribution in [0.3, 0.4) is 0 Å². The second kappa shape index (κ2) is 9.13.